The molecule has 1 heteroatoms. The molecule has 3 aliphatic rings. The summed E-state index contributed by atoms with van der Waals surface area (Å²) in [6.45, 7) is 3.80. The Hall–Kier alpha value is -0.0400. The third-order valence-electron chi connectivity index (χ3n) is 3.78. The second-order valence-corrected chi connectivity index (χ2v) is 4.49. The fourth-order valence-corrected chi connectivity index (χ4v) is 2.76. The predicted octanol–water partition coefficient (Wildman–Crippen LogP) is 2.13. The number of hydrogen-bond acceptors (Lipinski definition) is 1. The van der Waals surface area contributed by atoms with Gasteiger partial charge < -0.3 is 4.90 Å². The Labute approximate surface area is 69.8 Å². The van der Waals surface area contributed by atoms with Gasteiger partial charge in [0.05, 0.1) is 0 Å². The van der Waals surface area contributed by atoms with Crippen molar-refractivity contribution in [3.63, 3.8) is 0 Å². The Balaban J connectivity index is 2.11. The van der Waals surface area contributed by atoms with E-state index in [4.69, 9.17) is 0 Å². The maximum atomic E-state index is 2.58. The first-order valence-electron chi connectivity index (χ1n) is 4.97. The summed E-state index contributed by atoms with van der Waals surface area (Å²) in [6, 6.07) is 0.927. The van der Waals surface area contributed by atoms with E-state index in [-0.39, 0.29) is 0 Å². The van der Waals surface area contributed by atoms with Gasteiger partial charge in [-0.15, -0.1) is 0 Å². The molecule has 0 aromatic heterocycles. The van der Waals surface area contributed by atoms with Gasteiger partial charge in [-0.05, 0) is 44.6 Å². The largest absolute Gasteiger partial charge is 0.303 e. The van der Waals surface area contributed by atoms with Gasteiger partial charge in [0.25, 0.3) is 0 Å². The van der Waals surface area contributed by atoms with Crippen LogP contribution in [0.3, 0.4) is 0 Å². The summed E-state index contributed by atoms with van der Waals surface area (Å²) in [4.78, 5) is 2.58. The summed E-state index contributed by atoms with van der Waals surface area (Å²) in [5.74, 6) is 2.00. The van der Waals surface area contributed by atoms with Crippen molar-refractivity contribution < 1.29 is 0 Å². The van der Waals surface area contributed by atoms with Crippen molar-refractivity contribution in [3.8, 4) is 0 Å². The van der Waals surface area contributed by atoms with Gasteiger partial charge in [0.1, 0.15) is 0 Å². The van der Waals surface area contributed by atoms with Gasteiger partial charge in [-0.25, -0.2) is 0 Å². The van der Waals surface area contributed by atoms with Gasteiger partial charge in [-0.3, -0.25) is 0 Å². The first-order valence-corrected chi connectivity index (χ1v) is 4.97. The van der Waals surface area contributed by atoms with Crippen molar-refractivity contribution >= 4 is 0 Å². The average Bonchev–Trinajstić information content (AvgIpc) is 2.22. The van der Waals surface area contributed by atoms with Crippen LogP contribution in [0.1, 0.15) is 32.6 Å². The number of fused-ring (bicyclic) bond motifs is 4. The monoisotopic (exact) mass is 153 g/mol. The van der Waals surface area contributed by atoms with E-state index in [9.17, 15) is 0 Å². The van der Waals surface area contributed by atoms with Crippen molar-refractivity contribution in [2.45, 2.75) is 38.6 Å². The molecule has 3 fully saturated rings. The van der Waals surface area contributed by atoms with E-state index < -0.39 is 0 Å². The molecule has 1 saturated carbocycles. The van der Waals surface area contributed by atoms with E-state index >= 15 is 0 Å². The van der Waals surface area contributed by atoms with Crippen molar-refractivity contribution in [2.75, 3.05) is 13.6 Å². The van der Waals surface area contributed by atoms with Crippen molar-refractivity contribution in [1.29, 1.82) is 0 Å². The molecule has 0 amide bonds. The lowest BCUT2D eigenvalue weighted by molar-refractivity contribution is 0.144. The maximum absolute atomic E-state index is 2.58. The molecule has 1 aliphatic carbocycles. The summed E-state index contributed by atoms with van der Waals surface area (Å²) >= 11 is 0. The van der Waals surface area contributed by atoms with Crippen molar-refractivity contribution in [2.24, 2.45) is 11.8 Å². The molecule has 0 radical (unpaired) electrons. The Kier molecular flexibility index (Phi) is 1.92. The summed E-state index contributed by atoms with van der Waals surface area (Å²) in [6.07, 6.45) is 5.88. The van der Waals surface area contributed by atoms with E-state index in [1.165, 1.54) is 32.2 Å². The van der Waals surface area contributed by atoms with Crippen LogP contribution >= 0.6 is 0 Å². The highest BCUT2D eigenvalue weighted by Gasteiger charge is 2.32. The first kappa shape index (κ1) is 7.60. The molecule has 0 aromatic rings. The van der Waals surface area contributed by atoms with Crippen LogP contribution in [0.5, 0.6) is 0 Å². The molecule has 0 aromatic carbocycles. The number of hydrogen-bond donors (Lipinski definition) is 0. The lowest BCUT2D eigenvalue weighted by Crippen LogP contribution is -2.38. The SMILES string of the molecule is CC1CCC2CC[C@H]1CN2C. The summed E-state index contributed by atoms with van der Waals surface area (Å²) in [7, 11) is 2.30. The molecule has 64 valence electrons. The Bertz CT molecular complexity index is 144. The highest BCUT2D eigenvalue weighted by atomic mass is 15.1. The maximum Gasteiger partial charge on any atom is 0.00925 e. The van der Waals surface area contributed by atoms with Crippen LogP contribution in [-0.4, -0.2) is 24.5 Å². The molecule has 3 rings (SSSR count). The minimum Gasteiger partial charge on any atom is -0.303 e. The highest BCUT2D eigenvalue weighted by Crippen LogP contribution is 2.35. The average molecular weight is 153 g/mol. The van der Waals surface area contributed by atoms with Crippen LogP contribution in [0.25, 0.3) is 0 Å². The van der Waals surface area contributed by atoms with Gasteiger partial charge in [-0.2, -0.15) is 0 Å². The third-order valence-corrected chi connectivity index (χ3v) is 3.78. The van der Waals surface area contributed by atoms with Crippen molar-refractivity contribution in [1.82, 2.24) is 4.90 Å². The zero-order chi connectivity index (χ0) is 7.84. The Morgan fingerprint density at radius 2 is 1.82 bits per heavy atom. The van der Waals surface area contributed by atoms with Crippen LogP contribution in [0.15, 0.2) is 0 Å². The van der Waals surface area contributed by atoms with E-state index in [0.29, 0.717) is 0 Å². The van der Waals surface area contributed by atoms with Gasteiger partial charge in [0, 0.05) is 12.6 Å². The summed E-state index contributed by atoms with van der Waals surface area (Å²) < 4.78 is 0. The molecule has 0 spiro atoms. The Morgan fingerprint density at radius 3 is 2.55 bits per heavy atom. The Morgan fingerprint density at radius 1 is 1.09 bits per heavy atom. The molecule has 2 heterocycles. The summed E-state index contributed by atoms with van der Waals surface area (Å²) in [5, 5.41) is 0. The normalized spacial score (nSPS) is 45.8. The lowest BCUT2D eigenvalue weighted by atomic mass is 9.88. The fraction of sp³-hybridized carbons (Fsp3) is 1.00. The van der Waals surface area contributed by atoms with E-state index in [1.54, 1.807) is 0 Å². The van der Waals surface area contributed by atoms with Crippen molar-refractivity contribution in [3.05, 3.63) is 0 Å². The van der Waals surface area contributed by atoms with Crippen LogP contribution in [0.2, 0.25) is 0 Å². The third kappa shape index (κ3) is 1.31. The van der Waals surface area contributed by atoms with Gasteiger partial charge >= 0.3 is 0 Å². The lowest BCUT2D eigenvalue weighted by Gasteiger charge is -2.34. The number of piperidine rings is 1. The molecule has 2 bridgehead atoms. The zero-order valence-electron chi connectivity index (χ0n) is 7.71. The molecule has 2 aliphatic heterocycles. The highest BCUT2D eigenvalue weighted by molar-refractivity contribution is 4.86. The molecule has 11 heavy (non-hydrogen) atoms. The molecular formula is C10H19N. The number of nitrogens with zero attached hydrogens (tertiary/aromatic N) is 1. The predicted molar refractivity (Wildman–Crippen MR) is 47.5 cm³/mol. The topological polar surface area (TPSA) is 3.24 Å². The van der Waals surface area contributed by atoms with Gasteiger partial charge in [0.2, 0.25) is 0 Å². The molecule has 0 N–H and O–H groups in total. The van der Waals surface area contributed by atoms with E-state index in [0.717, 1.165) is 17.9 Å². The zero-order valence-corrected chi connectivity index (χ0v) is 7.71. The minimum absolute atomic E-state index is 0.927. The quantitative estimate of drug-likeness (QED) is 0.515. The van der Waals surface area contributed by atoms with Gasteiger partial charge in [-0.1, -0.05) is 6.92 Å². The van der Waals surface area contributed by atoms with Crippen LogP contribution in [-0.2, 0) is 0 Å². The minimum atomic E-state index is 0.927. The summed E-state index contributed by atoms with van der Waals surface area (Å²) in [5.41, 5.74) is 0. The number of rotatable bonds is 0. The smallest absolute Gasteiger partial charge is 0.00925 e. The molecular weight excluding hydrogens is 134 g/mol. The standard InChI is InChI=1S/C10H19N/c1-8-3-5-10-6-4-9(8)7-11(10)2/h8-10H,3-7H2,1-2H3/t8?,9-,10?/m0/s1. The second kappa shape index (κ2) is 2.78. The van der Waals surface area contributed by atoms with E-state index in [1.807, 2.05) is 0 Å². The van der Waals surface area contributed by atoms with E-state index in [2.05, 4.69) is 18.9 Å². The second-order valence-electron chi connectivity index (χ2n) is 4.49. The van der Waals surface area contributed by atoms with Crippen LogP contribution < -0.4 is 0 Å². The molecule has 2 saturated heterocycles. The molecule has 2 unspecified atom stereocenters. The molecule has 1 nitrogen and oxygen atoms in total. The molecule has 3 atom stereocenters. The van der Waals surface area contributed by atoms with Gasteiger partial charge in [0.15, 0.2) is 0 Å². The van der Waals surface area contributed by atoms with Crippen LogP contribution in [0, 0.1) is 11.8 Å². The van der Waals surface area contributed by atoms with Crippen LogP contribution in [0.4, 0.5) is 0 Å². The fourth-order valence-electron chi connectivity index (χ4n) is 2.76. The first-order chi connectivity index (χ1) is 5.27.